The summed E-state index contributed by atoms with van der Waals surface area (Å²) in [5, 5.41) is 15.0. The molecule has 1 unspecified atom stereocenters. The fourth-order valence-electron chi connectivity index (χ4n) is 1.80. The monoisotopic (exact) mass is 206 g/mol. The number of rotatable bonds is 4. The lowest BCUT2D eigenvalue weighted by molar-refractivity contribution is 0.631. The van der Waals surface area contributed by atoms with Gasteiger partial charge in [-0.25, -0.2) is 0 Å². The van der Waals surface area contributed by atoms with E-state index >= 15 is 0 Å². The summed E-state index contributed by atoms with van der Waals surface area (Å²) >= 11 is 0. The molecule has 2 heterocycles. The lowest BCUT2D eigenvalue weighted by atomic mass is 10.2. The van der Waals surface area contributed by atoms with Crippen LogP contribution in [-0.4, -0.2) is 29.3 Å². The van der Waals surface area contributed by atoms with Crippen LogP contribution in [0.25, 0.3) is 0 Å². The number of hydrogen-bond donors (Lipinski definition) is 2. The molecule has 1 atom stereocenters. The molecule has 1 saturated heterocycles. The first-order valence-corrected chi connectivity index (χ1v) is 5.68. The predicted octanol–water partition coefficient (Wildman–Crippen LogP) is 1.20. The van der Waals surface area contributed by atoms with E-state index in [0.29, 0.717) is 6.04 Å². The van der Waals surface area contributed by atoms with Crippen LogP contribution in [0, 0.1) is 0 Å². The highest BCUT2D eigenvalue weighted by molar-refractivity contribution is 5.33. The molecule has 0 radical (unpaired) electrons. The van der Waals surface area contributed by atoms with E-state index in [1.54, 1.807) is 0 Å². The van der Waals surface area contributed by atoms with Crippen molar-refractivity contribution in [2.75, 3.05) is 18.4 Å². The van der Waals surface area contributed by atoms with Crippen LogP contribution >= 0.6 is 0 Å². The van der Waals surface area contributed by atoms with Crippen molar-refractivity contribution in [1.29, 1.82) is 0 Å². The Labute approximate surface area is 90.5 Å². The highest BCUT2D eigenvalue weighted by Gasteiger charge is 2.13. The minimum atomic E-state index is 0.595. The Kier molecular flexibility index (Phi) is 3.50. The van der Waals surface area contributed by atoms with E-state index in [2.05, 4.69) is 27.8 Å². The van der Waals surface area contributed by atoms with Crippen LogP contribution < -0.4 is 10.6 Å². The van der Waals surface area contributed by atoms with Crippen molar-refractivity contribution in [3.8, 4) is 0 Å². The molecule has 1 aliphatic rings. The fraction of sp³-hybridized carbons (Fsp3) is 0.636. The predicted molar refractivity (Wildman–Crippen MR) is 60.9 cm³/mol. The maximum Gasteiger partial charge on any atom is 0.148 e. The van der Waals surface area contributed by atoms with Gasteiger partial charge in [0.25, 0.3) is 0 Å². The zero-order valence-corrected chi connectivity index (χ0v) is 9.16. The molecule has 1 aromatic rings. The van der Waals surface area contributed by atoms with E-state index in [1.165, 1.54) is 12.8 Å². The molecule has 0 spiro atoms. The van der Waals surface area contributed by atoms with E-state index in [4.69, 9.17) is 0 Å². The average molecular weight is 206 g/mol. The second-order valence-electron chi connectivity index (χ2n) is 3.94. The molecule has 0 amide bonds. The second-order valence-corrected chi connectivity index (χ2v) is 3.94. The quantitative estimate of drug-likeness (QED) is 0.777. The number of nitrogens with zero attached hydrogens (tertiary/aromatic N) is 2. The molecule has 2 rings (SSSR count). The Morgan fingerprint density at radius 3 is 3.00 bits per heavy atom. The summed E-state index contributed by atoms with van der Waals surface area (Å²) < 4.78 is 0. The Bertz CT molecular complexity index is 290. The normalized spacial score (nSPS) is 20.5. The number of aromatic nitrogens is 2. The van der Waals surface area contributed by atoms with Gasteiger partial charge in [0.2, 0.25) is 0 Å². The maximum absolute atomic E-state index is 4.12. The van der Waals surface area contributed by atoms with Crippen LogP contribution in [0.4, 0.5) is 5.82 Å². The van der Waals surface area contributed by atoms with E-state index in [-0.39, 0.29) is 0 Å². The third kappa shape index (κ3) is 2.89. The van der Waals surface area contributed by atoms with Gasteiger partial charge in [0.05, 0.1) is 5.69 Å². The minimum Gasteiger partial charge on any atom is -0.367 e. The van der Waals surface area contributed by atoms with Gasteiger partial charge in [-0.3, -0.25) is 0 Å². The molecule has 0 aliphatic carbocycles. The van der Waals surface area contributed by atoms with Crippen LogP contribution in [0.2, 0.25) is 0 Å². The first kappa shape index (κ1) is 10.4. The van der Waals surface area contributed by atoms with Gasteiger partial charge in [0.1, 0.15) is 5.82 Å². The van der Waals surface area contributed by atoms with Crippen LogP contribution in [-0.2, 0) is 6.42 Å². The molecule has 82 valence electrons. The summed E-state index contributed by atoms with van der Waals surface area (Å²) in [6.45, 7) is 4.17. The van der Waals surface area contributed by atoms with Gasteiger partial charge in [0, 0.05) is 12.6 Å². The number of anilines is 1. The van der Waals surface area contributed by atoms with Gasteiger partial charge in [-0.2, -0.15) is 5.10 Å². The van der Waals surface area contributed by atoms with E-state index in [9.17, 15) is 0 Å². The number of hydrogen-bond acceptors (Lipinski definition) is 4. The molecule has 0 aromatic carbocycles. The van der Waals surface area contributed by atoms with Crippen molar-refractivity contribution in [3.63, 3.8) is 0 Å². The van der Waals surface area contributed by atoms with Crippen LogP contribution in [0.5, 0.6) is 0 Å². The van der Waals surface area contributed by atoms with Gasteiger partial charge >= 0.3 is 0 Å². The third-order valence-corrected chi connectivity index (χ3v) is 2.77. The summed E-state index contributed by atoms with van der Waals surface area (Å²) in [7, 11) is 0. The largest absolute Gasteiger partial charge is 0.367 e. The summed E-state index contributed by atoms with van der Waals surface area (Å²) in [6, 6.07) is 4.62. The molecule has 15 heavy (non-hydrogen) atoms. The molecular formula is C11H18N4. The topological polar surface area (TPSA) is 49.8 Å². The Morgan fingerprint density at radius 1 is 1.47 bits per heavy atom. The number of nitrogens with one attached hydrogen (secondary N) is 2. The van der Waals surface area contributed by atoms with Crippen molar-refractivity contribution in [3.05, 3.63) is 17.8 Å². The summed E-state index contributed by atoms with van der Waals surface area (Å²) in [6.07, 6.45) is 3.48. The fourth-order valence-corrected chi connectivity index (χ4v) is 1.80. The van der Waals surface area contributed by atoms with Crippen molar-refractivity contribution >= 4 is 5.82 Å². The molecule has 1 aromatic heterocycles. The molecule has 4 nitrogen and oxygen atoms in total. The van der Waals surface area contributed by atoms with Crippen molar-refractivity contribution in [1.82, 2.24) is 15.5 Å². The molecule has 4 heteroatoms. The van der Waals surface area contributed by atoms with Crippen LogP contribution in [0.15, 0.2) is 12.1 Å². The van der Waals surface area contributed by atoms with Gasteiger partial charge in [-0.05, 0) is 37.9 Å². The van der Waals surface area contributed by atoms with Crippen LogP contribution in [0.3, 0.4) is 0 Å². The van der Waals surface area contributed by atoms with E-state index in [1.807, 2.05) is 12.1 Å². The van der Waals surface area contributed by atoms with Crippen LogP contribution in [0.1, 0.15) is 25.5 Å². The van der Waals surface area contributed by atoms with Gasteiger partial charge in [-0.1, -0.05) is 6.92 Å². The lowest BCUT2D eigenvalue weighted by Crippen LogP contribution is -2.29. The highest BCUT2D eigenvalue weighted by Crippen LogP contribution is 2.07. The standard InChI is InChI=1S/C11H18N4/c1-2-9-5-6-11(15-14-9)13-8-10-4-3-7-12-10/h5-6,10,12H,2-4,7-8H2,1H3,(H,13,15). The van der Waals surface area contributed by atoms with Gasteiger partial charge < -0.3 is 10.6 Å². The van der Waals surface area contributed by atoms with Crippen molar-refractivity contribution in [2.24, 2.45) is 0 Å². The van der Waals surface area contributed by atoms with Gasteiger partial charge in [0.15, 0.2) is 0 Å². The van der Waals surface area contributed by atoms with Crippen molar-refractivity contribution in [2.45, 2.75) is 32.2 Å². The average Bonchev–Trinajstić information content (AvgIpc) is 2.80. The summed E-state index contributed by atoms with van der Waals surface area (Å²) in [5.74, 6) is 0.876. The smallest absolute Gasteiger partial charge is 0.148 e. The molecule has 2 N–H and O–H groups in total. The zero-order chi connectivity index (χ0) is 10.5. The summed E-state index contributed by atoms with van der Waals surface area (Å²) in [4.78, 5) is 0. The maximum atomic E-state index is 4.12. The molecule has 0 saturated carbocycles. The Morgan fingerprint density at radius 2 is 2.40 bits per heavy atom. The minimum absolute atomic E-state index is 0.595. The molecule has 1 fully saturated rings. The summed E-state index contributed by atoms with van der Waals surface area (Å²) in [5.41, 5.74) is 1.04. The molecular weight excluding hydrogens is 188 g/mol. The zero-order valence-electron chi connectivity index (χ0n) is 9.16. The molecule has 0 bridgehead atoms. The number of aryl methyl sites for hydroxylation is 1. The van der Waals surface area contributed by atoms with Gasteiger partial charge in [-0.15, -0.1) is 5.10 Å². The Hall–Kier alpha value is -1.16. The second kappa shape index (κ2) is 5.07. The molecule has 1 aliphatic heterocycles. The van der Waals surface area contributed by atoms with E-state index in [0.717, 1.165) is 31.0 Å². The first-order chi connectivity index (χ1) is 7.38. The lowest BCUT2D eigenvalue weighted by Gasteiger charge is -2.11. The third-order valence-electron chi connectivity index (χ3n) is 2.77. The first-order valence-electron chi connectivity index (χ1n) is 5.68. The highest BCUT2D eigenvalue weighted by atomic mass is 15.2. The SMILES string of the molecule is CCc1ccc(NCC2CCCN2)nn1. The Balaban J connectivity index is 1.82. The van der Waals surface area contributed by atoms with E-state index < -0.39 is 0 Å². The van der Waals surface area contributed by atoms with Crippen molar-refractivity contribution < 1.29 is 0 Å².